The third kappa shape index (κ3) is 5.25. The Labute approximate surface area is 180 Å². The second-order valence-electron chi connectivity index (χ2n) is 7.73. The summed E-state index contributed by atoms with van der Waals surface area (Å²) in [6.07, 6.45) is 6.83. The summed E-state index contributed by atoms with van der Waals surface area (Å²) in [4.78, 5) is 30.5. The minimum absolute atomic E-state index is 0.00908. The molecule has 3 aromatic rings. The lowest BCUT2D eigenvalue weighted by molar-refractivity contribution is -0.125. The van der Waals surface area contributed by atoms with Crippen LogP contribution in [0.5, 0.6) is 0 Å². The van der Waals surface area contributed by atoms with Crippen LogP contribution in [0.4, 0.5) is 0 Å². The molecule has 1 aliphatic carbocycles. The highest BCUT2D eigenvalue weighted by Crippen LogP contribution is 2.27. The molecule has 30 heavy (non-hydrogen) atoms. The van der Waals surface area contributed by atoms with Gasteiger partial charge in [0.1, 0.15) is 0 Å². The first kappa shape index (κ1) is 20.5. The van der Waals surface area contributed by atoms with Crippen LogP contribution in [0.1, 0.15) is 40.4 Å². The Morgan fingerprint density at radius 2 is 1.80 bits per heavy atom. The smallest absolute Gasteiger partial charge is 0.239 e. The zero-order chi connectivity index (χ0) is 20.8. The molecule has 2 N–H and O–H groups in total. The molecule has 0 radical (unpaired) electrons. The molecule has 0 saturated carbocycles. The average Bonchev–Trinajstić information content (AvgIpc) is 3.18. The van der Waals surface area contributed by atoms with Crippen molar-refractivity contribution in [2.45, 2.75) is 44.9 Å². The Bertz CT molecular complexity index is 1020. The second-order valence-corrected chi connectivity index (χ2v) is 8.90. The van der Waals surface area contributed by atoms with Crippen molar-refractivity contribution in [1.29, 1.82) is 0 Å². The summed E-state index contributed by atoms with van der Waals surface area (Å²) >= 11 is 1.83. The Hall–Kier alpha value is -2.73. The van der Waals surface area contributed by atoms with Gasteiger partial charge in [0.25, 0.3) is 0 Å². The summed E-state index contributed by atoms with van der Waals surface area (Å²) in [6.45, 7) is 0.609. The van der Waals surface area contributed by atoms with Crippen LogP contribution in [0.3, 0.4) is 0 Å². The van der Waals surface area contributed by atoms with Crippen molar-refractivity contribution in [3.05, 3.63) is 63.6 Å². The maximum absolute atomic E-state index is 12.3. The molecule has 0 atom stereocenters. The van der Waals surface area contributed by atoms with Gasteiger partial charge >= 0.3 is 0 Å². The number of aryl methyl sites for hydroxylation is 3. The number of fused-ring (bicyclic) bond motifs is 2. The number of carbonyl (C=O) groups is 2. The molecule has 2 aromatic carbocycles. The van der Waals surface area contributed by atoms with Gasteiger partial charge in [-0.15, -0.1) is 11.3 Å². The van der Waals surface area contributed by atoms with Gasteiger partial charge in [0, 0.05) is 17.8 Å². The highest BCUT2D eigenvalue weighted by molar-refractivity contribution is 7.11. The lowest BCUT2D eigenvalue weighted by Crippen LogP contribution is -2.38. The molecule has 5 nitrogen and oxygen atoms in total. The van der Waals surface area contributed by atoms with E-state index in [0.717, 1.165) is 35.6 Å². The van der Waals surface area contributed by atoms with Crippen LogP contribution >= 0.6 is 11.3 Å². The fraction of sp³-hybridized carbons (Fsp3) is 0.375. The lowest BCUT2D eigenvalue weighted by Gasteiger charge is -2.08. The average molecular weight is 422 g/mol. The van der Waals surface area contributed by atoms with Gasteiger partial charge in [0.2, 0.25) is 11.8 Å². The summed E-state index contributed by atoms with van der Waals surface area (Å²) in [5, 5.41) is 8.98. The fourth-order valence-electron chi connectivity index (χ4n) is 3.90. The molecule has 0 bridgehead atoms. The highest BCUT2D eigenvalue weighted by Gasteiger charge is 2.15. The Morgan fingerprint density at radius 1 is 0.967 bits per heavy atom. The second kappa shape index (κ2) is 9.85. The van der Waals surface area contributed by atoms with Crippen molar-refractivity contribution in [2.75, 3.05) is 13.1 Å². The number of hydrogen-bond donors (Lipinski definition) is 2. The molecule has 0 fully saturated rings. The quantitative estimate of drug-likeness (QED) is 0.546. The maximum Gasteiger partial charge on any atom is 0.239 e. The number of thiazole rings is 1. The predicted octanol–water partition coefficient (Wildman–Crippen LogP) is 3.58. The zero-order valence-corrected chi connectivity index (χ0v) is 17.9. The minimum atomic E-state index is -0.153. The molecule has 0 unspecified atom stereocenters. The Morgan fingerprint density at radius 3 is 2.70 bits per heavy atom. The standard InChI is InChI=1S/C24H27N3O2S/c28-22(15-18-9-5-8-17-7-1-2-10-19(17)18)26-16-23(29)25-14-6-13-24-27-20-11-3-4-12-21(20)30-24/h1-2,5,7-10H,3-4,6,11-16H2,(H,25,29)(H,26,28). The van der Waals surface area contributed by atoms with Crippen LogP contribution in [-0.2, 0) is 35.3 Å². The van der Waals surface area contributed by atoms with Crippen LogP contribution in [0, 0.1) is 0 Å². The largest absolute Gasteiger partial charge is 0.355 e. The van der Waals surface area contributed by atoms with Crippen molar-refractivity contribution in [1.82, 2.24) is 15.6 Å². The van der Waals surface area contributed by atoms with Gasteiger partial charge in [-0.2, -0.15) is 0 Å². The van der Waals surface area contributed by atoms with E-state index in [2.05, 4.69) is 10.6 Å². The number of nitrogens with one attached hydrogen (secondary N) is 2. The normalized spacial score (nSPS) is 13.1. The molecule has 0 saturated heterocycles. The third-order valence-electron chi connectivity index (χ3n) is 5.46. The van der Waals surface area contributed by atoms with Crippen LogP contribution in [0.15, 0.2) is 42.5 Å². The van der Waals surface area contributed by atoms with Crippen LogP contribution in [0.2, 0.25) is 0 Å². The molecule has 1 aliphatic rings. The number of carbonyl (C=O) groups excluding carboxylic acids is 2. The first-order valence-electron chi connectivity index (χ1n) is 10.7. The number of benzene rings is 2. The van der Waals surface area contributed by atoms with Crippen LogP contribution in [-0.4, -0.2) is 29.9 Å². The molecular formula is C24H27N3O2S. The predicted molar refractivity (Wildman–Crippen MR) is 121 cm³/mol. The van der Waals surface area contributed by atoms with E-state index in [4.69, 9.17) is 4.98 Å². The monoisotopic (exact) mass is 421 g/mol. The Balaban J connectivity index is 1.16. The van der Waals surface area contributed by atoms with Crippen molar-refractivity contribution in [3.8, 4) is 0 Å². The molecular weight excluding hydrogens is 394 g/mol. The number of rotatable bonds is 8. The van der Waals surface area contributed by atoms with Gasteiger partial charge in [0.05, 0.1) is 23.7 Å². The van der Waals surface area contributed by atoms with Crippen molar-refractivity contribution < 1.29 is 9.59 Å². The molecule has 2 amide bonds. The van der Waals surface area contributed by atoms with Gasteiger partial charge in [-0.25, -0.2) is 4.98 Å². The molecule has 6 heteroatoms. The number of hydrogen-bond acceptors (Lipinski definition) is 4. The summed E-state index contributed by atoms with van der Waals surface area (Å²) in [7, 11) is 0. The van der Waals surface area contributed by atoms with Gasteiger partial charge < -0.3 is 10.6 Å². The first-order chi connectivity index (χ1) is 14.7. The number of aromatic nitrogens is 1. The van der Waals surface area contributed by atoms with E-state index < -0.39 is 0 Å². The molecule has 4 rings (SSSR count). The summed E-state index contributed by atoms with van der Waals surface area (Å²) in [5.41, 5.74) is 2.26. The van der Waals surface area contributed by atoms with Gasteiger partial charge in [-0.05, 0) is 48.4 Å². The van der Waals surface area contributed by atoms with E-state index in [1.165, 1.54) is 34.8 Å². The van der Waals surface area contributed by atoms with E-state index >= 15 is 0 Å². The van der Waals surface area contributed by atoms with E-state index in [1.807, 2.05) is 53.8 Å². The first-order valence-corrected chi connectivity index (χ1v) is 11.5. The number of nitrogens with zero attached hydrogens (tertiary/aromatic N) is 1. The lowest BCUT2D eigenvalue weighted by atomic mass is 10.0. The van der Waals surface area contributed by atoms with E-state index in [9.17, 15) is 9.59 Å². The summed E-state index contributed by atoms with van der Waals surface area (Å²) < 4.78 is 0. The zero-order valence-electron chi connectivity index (χ0n) is 17.1. The van der Waals surface area contributed by atoms with E-state index in [1.54, 1.807) is 0 Å². The summed E-state index contributed by atoms with van der Waals surface area (Å²) in [6, 6.07) is 14.0. The molecule has 0 aliphatic heterocycles. The van der Waals surface area contributed by atoms with Crippen LogP contribution < -0.4 is 10.6 Å². The van der Waals surface area contributed by atoms with Crippen molar-refractivity contribution in [2.24, 2.45) is 0 Å². The molecule has 1 aromatic heterocycles. The van der Waals surface area contributed by atoms with Crippen molar-refractivity contribution in [3.63, 3.8) is 0 Å². The van der Waals surface area contributed by atoms with Crippen LogP contribution in [0.25, 0.3) is 10.8 Å². The molecule has 1 heterocycles. The maximum atomic E-state index is 12.3. The van der Waals surface area contributed by atoms with E-state index in [0.29, 0.717) is 6.54 Å². The van der Waals surface area contributed by atoms with E-state index in [-0.39, 0.29) is 24.8 Å². The third-order valence-corrected chi connectivity index (χ3v) is 6.67. The highest BCUT2D eigenvalue weighted by atomic mass is 32.1. The SMILES string of the molecule is O=C(CNC(=O)Cc1cccc2ccccc12)NCCCc1nc2c(s1)CCCC2. The Kier molecular flexibility index (Phi) is 6.74. The topological polar surface area (TPSA) is 71.1 Å². The van der Waals surface area contributed by atoms with Crippen molar-refractivity contribution >= 4 is 33.9 Å². The number of amides is 2. The van der Waals surface area contributed by atoms with Gasteiger partial charge in [-0.3, -0.25) is 9.59 Å². The van der Waals surface area contributed by atoms with Gasteiger partial charge in [-0.1, -0.05) is 42.5 Å². The minimum Gasteiger partial charge on any atom is -0.355 e. The summed E-state index contributed by atoms with van der Waals surface area (Å²) in [5.74, 6) is -0.297. The molecule has 156 valence electrons. The molecule has 0 spiro atoms. The fourth-order valence-corrected chi connectivity index (χ4v) is 5.10. The van der Waals surface area contributed by atoms with Gasteiger partial charge in [0.15, 0.2) is 0 Å².